The van der Waals surface area contributed by atoms with Gasteiger partial charge in [0.2, 0.25) is 0 Å². The Kier molecular flexibility index (Phi) is 2.68. The van der Waals surface area contributed by atoms with Gasteiger partial charge in [-0.1, -0.05) is 6.07 Å². The topological polar surface area (TPSA) is 12.0 Å². The third-order valence-corrected chi connectivity index (χ3v) is 3.90. The SMILES string of the molecule is Fc1cc2c(cc1[C@H]1CCCN1)CCCC2. The van der Waals surface area contributed by atoms with Crippen molar-refractivity contribution in [3.05, 3.63) is 34.6 Å². The largest absolute Gasteiger partial charge is 0.310 e. The molecule has 1 heterocycles. The molecule has 1 aromatic rings. The maximum absolute atomic E-state index is 14.0. The van der Waals surface area contributed by atoms with Crippen molar-refractivity contribution < 1.29 is 4.39 Å². The summed E-state index contributed by atoms with van der Waals surface area (Å²) in [4.78, 5) is 0. The summed E-state index contributed by atoms with van der Waals surface area (Å²) in [5.41, 5.74) is 3.53. The van der Waals surface area contributed by atoms with Gasteiger partial charge in [-0.05, 0) is 62.3 Å². The highest BCUT2D eigenvalue weighted by atomic mass is 19.1. The second-order valence-corrected chi connectivity index (χ2v) is 5.00. The predicted octanol–water partition coefficient (Wildman–Crippen LogP) is 3.13. The Morgan fingerprint density at radius 2 is 1.81 bits per heavy atom. The van der Waals surface area contributed by atoms with Crippen LogP contribution in [0.15, 0.2) is 12.1 Å². The molecule has 1 aliphatic heterocycles. The molecule has 0 spiro atoms. The van der Waals surface area contributed by atoms with Crippen LogP contribution in [0.25, 0.3) is 0 Å². The van der Waals surface area contributed by atoms with Crippen LogP contribution in [0, 0.1) is 5.82 Å². The summed E-state index contributed by atoms with van der Waals surface area (Å²) < 4.78 is 14.0. The average Bonchev–Trinajstić information content (AvgIpc) is 2.81. The monoisotopic (exact) mass is 219 g/mol. The van der Waals surface area contributed by atoms with Crippen LogP contribution < -0.4 is 5.32 Å². The molecule has 86 valence electrons. The van der Waals surface area contributed by atoms with E-state index in [-0.39, 0.29) is 11.9 Å². The van der Waals surface area contributed by atoms with E-state index in [9.17, 15) is 4.39 Å². The Morgan fingerprint density at radius 3 is 2.50 bits per heavy atom. The van der Waals surface area contributed by atoms with Crippen molar-refractivity contribution >= 4 is 0 Å². The Balaban J connectivity index is 1.98. The molecule has 0 radical (unpaired) electrons. The lowest BCUT2D eigenvalue weighted by atomic mass is 9.88. The maximum atomic E-state index is 14.0. The number of benzene rings is 1. The first-order chi connectivity index (χ1) is 7.84. The number of halogens is 1. The van der Waals surface area contributed by atoms with E-state index in [1.54, 1.807) is 6.07 Å². The van der Waals surface area contributed by atoms with E-state index in [1.165, 1.54) is 30.4 Å². The number of rotatable bonds is 1. The highest BCUT2D eigenvalue weighted by Crippen LogP contribution is 2.30. The minimum absolute atomic E-state index is 0.0000463. The molecule has 0 aromatic heterocycles. The summed E-state index contributed by atoms with van der Waals surface area (Å²) in [6, 6.07) is 4.16. The van der Waals surface area contributed by atoms with Crippen molar-refractivity contribution in [2.24, 2.45) is 0 Å². The zero-order valence-electron chi connectivity index (χ0n) is 9.56. The van der Waals surface area contributed by atoms with Gasteiger partial charge in [-0.15, -0.1) is 0 Å². The van der Waals surface area contributed by atoms with Gasteiger partial charge in [-0.3, -0.25) is 0 Å². The lowest BCUT2D eigenvalue weighted by Crippen LogP contribution is -2.16. The van der Waals surface area contributed by atoms with E-state index in [2.05, 4.69) is 11.4 Å². The van der Waals surface area contributed by atoms with Crippen LogP contribution in [0.3, 0.4) is 0 Å². The van der Waals surface area contributed by atoms with E-state index in [0.717, 1.165) is 31.4 Å². The highest BCUT2D eigenvalue weighted by Gasteiger charge is 2.22. The van der Waals surface area contributed by atoms with Crippen LogP contribution in [0.2, 0.25) is 0 Å². The van der Waals surface area contributed by atoms with Gasteiger partial charge in [0.15, 0.2) is 0 Å². The third-order valence-electron chi connectivity index (χ3n) is 3.90. The van der Waals surface area contributed by atoms with Crippen LogP contribution in [-0.2, 0) is 12.8 Å². The molecule has 0 saturated carbocycles. The molecule has 2 heteroatoms. The molecule has 2 aliphatic rings. The van der Waals surface area contributed by atoms with Crippen molar-refractivity contribution in [2.45, 2.75) is 44.6 Å². The number of hydrogen-bond donors (Lipinski definition) is 1. The van der Waals surface area contributed by atoms with E-state index in [0.29, 0.717) is 0 Å². The predicted molar refractivity (Wildman–Crippen MR) is 63.0 cm³/mol. The second-order valence-electron chi connectivity index (χ2n) is 5.00. The standard InChI is InChI=1S/C14H18FN/c15-13-9-11-5-2-1-4-10(11)8-12(13)14-6-3-7-16-14/h8-9,14,16H,1-7H2/t14-/m1/s1. The minimum atomic E-state index is 0.0000463. The Hall–Kier alpha value is -0.890. The van der Waals surface area contributed by atoms with Crippen LogP contribution in [-0.4, -0.2) is 6.54 Å². The van der Waals surface area contributed by atoms with Crippen molar-refractivity contribution in [1.82, 2.24) is 5.32 Å². The van der Waals surface area contributed by atoms with Gasteiger partial charge in [0.05, 0.1) is 0 Å². The molecule has 1 nitrogen and oxygen atoms in total. The Bertz CT molecular complexity index is 394. The third kappa shape index (κ3) is 1.75. The van der Waals surface area contributed by atoms with Gasteiger partial charge in [-0.25, -0.2) is 4.39 Å². The van der Waals surface area contributed by atoms with Crippen molar-refractivity contribution in [3.8, 4) is 0 Å². The molecule has 1 fully saturated rings. The summed E-state index contributed by atoms with van der Waals surface area (Å²) in [6.07, 6.45) is 6.92. The lowest BCUT2D eigenvalue weighted by molar-refractivity contribution is 0.551. The molecule has 1 atom stereocenters. The molecule has 0 amide bonds. The molecule has 0 bridgehead atoms. The number of nitrogens with one attached hydrogen (secondary N) is 1. The molecular weight excluding hydrogens is 201 g/mol. The molecule has 3 rings (SSSR count). The van der Waals surface area contributed by atoms with Gasteiger partial charge in [-0.2, -0.15) is 0 Å². The van der Waals surface area contributed by atoms with Crippen LogP contribution in [0.5, 0.6) is 0 Å². The van der Waals surface area contributed by atoms with Crippen LogP contribution in [0.1, 0.15) is 48.4 Å². The maximum Gasteiger partial charge on any atom is 0.128 e. The van der Waals surface area contributed by atoms with E-state index in [4.69, 9.17) is 0 Å². The molecule has 0 unspecified atom stereocenters. The average molecular weight is 219 g/mol. The lowest BCUT2D eigenvalue weighted by Gasteiger charge is -2.20. The van der Waals surface area contributed by atoms with Gasteiger partial charge >= 0.3 is 0 Å². The quantitative estimate of drug-likeness (QED) is 0.765. The molecule has 1 N–H and O–H groups in total. The van der Waals surface area contributed by atoms with Crippen molar-refractivity contribution in [2.75, 3.05) is 6.54 Å². The highest BCUT2D eigenvalue weighted by molar-refractivity contribution is 5.36. The van der Waals surface area contributed by atoms with Crippen molar-refractivity contribution in [3.63, 3.8) is 0 Å². The molecule has 1 saturated heterocycles. The fourth-order valence-corrected chi connectivity index (χ4v) is 2.99. The van der Waals surface area contributed by atoms with Gasteiger partial charge < -0.3 is 5.32 Å². The summed E-state index contributed by atoms with van der Waals surface area (Å²) in [7, 11) is 0. The van der Waals surface area contributed by atoms with E-state index >= 15 is 0 Å². The summed E-state index contributed by atoms with van der Waals surface area (Å²) >= 11 is 0. The van der Waals surface area contributed by atoms with E-state index in [1.807, 2.05) is 0 Å². The minimum Gasteiger partial charge on any atom is -0.310 e. The first-order valence-corrected chi connectivity index (χ1v) is 6.39. The zero-order valence-corrected chi connectivity index (χ0v) is 9.56. The van der Waals surface area contributed by atoms with E-state index < -0.39 is 0 Å². The zero-order chi connectivity index (χ0) is 11.0. The number of fused-ring (bicyclic) bond motifs is 1. The smallest absolute Gasteiger partial charge is 0.128 e. The first-order valence-electron chi connectivity index (χ1n) is 6.39. The fourth-order valence-electron chi connectivity index (χ4n) is 2.99. The fraction of sp³-hybridized carbons (Fsp3) is 0.571. The van der Waals surface area contributed by atoms with Gasteiger partial charge in [0.25, 0.3) is 0 Å². The number of aryl methyl sites for hydroxylation is 2. The first kappa shape index (κ1) is 10.3. The Morgan fingerprint density at radius 1 is 1.06 bits per heavy atom. The van der Waals surface area contributed by atoms with Crippen LogP contribution >= 0.6 is 0 Å². The summed E-state index contributed by atoms with van der Waals surface area (Å²) in [6.45, 7) is 1.03. The second kappa shape index (κ2) is 4.17. The molecule has 1 aliphatic carbocycles. The summed E-state index contributed by atoms with van der Waals surface area (Å²) in [5.74, 6) is 0.0000463. The molecular formula is C14H18FN. The molecule has 16 heavy (non-hydrogen) atoms. The number of hydrogen-bond acceptors (Lipinski definition) is 1. The van der Waals surface area contributed by atoms with Crippen LogP contribution in [0.4, 0.5) is 4.39 Å². The Labute approximate surface area is 96.1 Å². The van der Waals surface area contributed by atoms with Crippen molar-refractivity contribution in [1.29, 1.82) is 0 Å². The normalized spacial score (nSPS) is 24.4. The summed E-state index contributed by atoms with van der Waals surface area (Å²) in [5, 5.41) is 3.38. The van der Waals surface area contributed by atoms with Gasteiger partial charge in [0, 0.05) is 11.6 Å². The molecule has 1 aromatic carbocycles. The van der Waals surface area contributed by atoms with Gasteiger partial charge in [0.1, 0.15) is 5.82 Å².